The molecule has 0 N–H and O–H groups in total. The van der Waals surface area contributed by atoms with Crippen molar-refractivity contribution in [1.82, 2.24) is 0 Å². The van der Waals surface area contributed by atoms with Crippen molar-refractivity contribution in [3.8, 4) is 33.4 Å². The summed E-state index contributed by atoms with van der Waals surface area (Å²) in [4.78, 5) is 0. The van der Waals surface area contributed by atoms with Crippen LogP contribution in [0.4, 0.5) is 0 Å². The molecule has 0 aromatic heterocycles. The fourth-order valence-corrected chi connectivity index (χ4v) is 5.13. The van der Waals surface area contributed by atoms with E-state index in [1.807, 2.05) is 0 Å². The first-order valence-electron chi connectivity index (χ1n) is 21.0. The summed E-state index contributed by atoms with van der Waals surface area (Å²) < 4.78 is 149. The molecule has 0 nitrogen and oxygen atoms in total. The van der Waals surface area contributed by atoms with E-state index in [9.17, 15) is 4.11 Å². The van der Waals surface area contributed by atoms with Gasteiger partial charge in [-0.15, -0.1) is 0 Å². The summed E-state index contributed by atoms with van der Waals surface area (Å²) in [5.74, 6) is 0. The number of benzene rings is 8. The molecule has 8 aromatic rings. The maximum Gasteiger partial charge on any atom is 0.0636 e. The Balaban J connectivity index is 1.54. The average molecular weight is 524 g/mol. The van der Waals surface area contributed by atoms with E-state index >= 15 is 0 Å². The molecule has 8 rings (SSSR count). The van der Waals surface area contributed by atoms with E-state index in [-0.39, 0.29) is 49.4 Å². The van der Waals surface area contributed by atoms with E-state index in [0.29, 0.717) is 21.5 Å². The molecule has 0 saturated heterocycles. The van der Waals surface area contributed by atoms with E-state index < -0.39 is 108 Å². The SMILES string of the molecule is [2H]c1cc2c([2H])c(-c3c([2H])c([2H])c([2H])c(-c4c5ccccc5c(-c5c([2H])c([2H])c6c([2H])c([2H])c([2H])c([2H])c6c5[2H])c5ccccc45)c3[2H])c([2H])c([2H])c2c([2H])c1[2H]. The van der Waals surface area contributed by atoms with Crippen LogP contribution in [0.15, 0.2) is 157 Å². The minimum absolute atomic E-state index is 0.0905. The van der Waals surface area contributed by atoms with Crippen molar-refractivity contribution >= 4 is 43.1 Å². The third-order valence-corrected chi connectivity index (χ3v) is 6.87. The summed E-state index contributed by atoms with van der Waals surface area (Å²) in [6.45, 7) is 0. The molecule has 0 amide bonds. The molecule has 186 valence electrons. The summed E-state index contributed by atoms with van der Waals surface area (Å²) in [5, 5.41) is 0.613. The van der Waals surface area contributed by atoms with Gasteiger partial charge in [0.05, 0.1) is 23.3 Å². The molecule has 0 fully saturated rings. The summed E-state index contributed by atoms with van der Waals surface area (Å²) >= 11 is 0. The second-order valence-corrected chi connectivity index (χ2v) is 9.17. The molecule has 0 aliphatic carbocycles. The highest BCUT2D eigenvalue weighted by Gasteiger charge is 2.17. The highest BCUT2D eigenvalue weighted by molar-refractivity contribution is 6.21. The molecule has 0 aliphatic rings. The smallest absolute Gasteiger partial charge is 0.0616 e. The third kappa shape index (κ3) is 3.69. The van der Waals surface area contributed by atoms with E-state index in [1.165, 1.54) is 0 Å². The number of hydrogen-bond donors (Lipinski definition) is 0. The summed E-state index contributed by atoms with van der Waals surface area (Å²) in [5.41, 5.74) is -0.540. The summed E-state index contributed by atoms with van der Waals surface area (Å²) in [7, 11) is 0. The fraction of sp³-hybridized carbons (Fsp3) is 0. The van der Waals surface area contributed by atoms with Gasteiger partial charge in [0.2, 0.25) is 0 Å². The number of fused-ring (bicyclic) bond motifs is 4. The van der Waals surface area contributed by atoms with Crippen molar-refractivity contribution in [1.29, 1.82) is 0 Å². The molecule has 0 heterocycles. The third-order valence-electron chi connectivity index (χ3n) is 6.87. The monoisotopic (exact) mass is 523 g/mol. The van der Waals surface area contributed by atoms with Crippen LogP contribution in [0.1, 0.15) is 23.3 Å². The normalized spacial score (nSPS) is 17.4. The first kappa shape index (κ1) is 11.5. The van der Waals surface area contributed by atoms with Crippen molar-refractivity contribution in [2.24, 2.45) is 0 Å². The van der Waals surface area contributed by atoms with E-state index in [1.54, 1.807) is 48.5 Å². The Morgan fingerprint density at radius 2 is 0.800 bits per heavy atom. The summed E-state index contributed by atoms with van der Waals surface area (Å²) in [6.07, 6.45) is 0. The minimum atomic E-state index is -0.657. The van der Waals surface area contributed by atoms with Crippen LogP contribution in [0.2, 0.25) is 0 Å². The standard InChI is InChI=1S/C40H26/c1-3-12-29-24-32(22-20-27(29)10-1)31-14-9-15-33(26-31)39-35-16-5-7-18-37(35)40(38-19-8-6-17-36(38)39)34-23-21-28-11-2-4-13-30(28)25-34/h1-26H/i1D,2D,3D,4D,9D,10D,11D,13D,14D,15D,20D,21D,22D,23D,24D,25D,26D. The average Bonchev–Trinajstić information content (AvgIpc) is 3.19. The maximum atomic E-state index is 9.61. The quantitative estimate of drug-likeness (QED) is 0.202. The van der Waals surface area contributed by atoms with Crippen LogP contribution < -0.4 is 0 Å². The van der Waals surface area contributed by atoms with Crippen molar-refractivity contribution in [3.05, 3.63) is 157 Å². The maximum absolute atomic E-state index is 9.61. The first-order chi connectivity index (χ1) is 26.9. The van der Waals surface area contributed by atoms with Crippen LogP contribution in [0.5, 0.6) is 0 Å². The molecule has 0 unspecified atom stereocenters. The molecule has 8 aromatic carbocycles. The van der Waals surface area contributed by atoms with Gasteiger partial charge in [0.25, 0.3) is 0 Å². The lowest BCUT2D eigenvalue weighted by Crippen LogP contribution is -1.91. The molecule has 40 heavy (non-hydrogen) atoms. The zero-order chi connectivity index (χ0) is 41.3. The van der Waals surface area contributed by atoms with Crippen LogP contribution >= 0.6 is 0 Å². The Kier molecular flexibility index (Phi) is 2.65. The Morgan fingerprint density at radius 3 is 1.48 bits per heavy atom. The minimum Gasteiger partial charge on any atom is -0.0616 e. The van der Waals surface area contributed by atoms with Gasteiger partial charge in [0.1, 0.15) is 0 Å². The van der Waals surface area contributed by atoms with Crippen molar-refractivity contribution in [2.75, 3.05) is 0 Å². The zero-order valence-electron chi connectivity index (χ0n) is 37.7. The van der Waals surface area contributed by atoms with Gasteiger partial charge < -0.3 is 0 Å². The van der Waals surface area contributed by atoms with Gasteiger partial charge in [-0.3, -0.25) is 0 Å². The predicted octanol–water partition coefficient (Wildman–Crippen LogP) is 11.3. The van der Waals surface area contributed by atoms with Crippen molar-refractivity contribution < 1.29 is 23.3 Å². The van der Waals surface area contributed by atoms with E-state index in [2.05, 4.69) is 0 Å². The Labute approximate surface area is 257 Å². The Hall–Kier alpha value is -5.20. The lowest BCUT2D eigenvalue weighted by molar-refractivity contribution is 1.63. The molecule has 0 spiro atoms. The molecule has 0 heteroatoms. The molecular formula is C40H26. The number of rotatable bonds is 3. The fourth-order valence-electron chi connectivity index (χ4n) is 5.13. The van der Waals surface area contributed by atoms with E-state index in [4.69, 9.17) is 19.2 Å². The van der Waals surface area contributed by atoms with Gasteiger partial charge in [0.15, 0.2) is 0 Å². The first-order valence-corrected chi connectivity index (χ1v) is 12.5. The van der Waals surface area contributed by atoms with Crippen LogP contribution in [0.3, 0.4) is 0 Å². The second-order valence-electron chi connectivity index (χ2n) is 9.17. The Morgan fingerprint density at radius 1 is 0.325 bits per heavy atom. The zero-order valence-corrected chi connectivity index (χ0v) is 20.7. The second kappa shape index (κ2) is 9.22. The topological polar surface area (TPSA) is 0 Å². The van der Waals surface area contributed by atoms with Gasteiger partial charge in [-0.25, -0.2) is 0 Å². The van der Waals surface area contributed by atoms with Crippen molar-refractivity contribution in [3.63, 3.8) is 0 Å². The van der Waals surface area contributed by atoms with Crippen LogP contribution in [0.25, 0.3) is 76.5 Å². The van der Waals surface area contributed by atoms with Crippen LogP contribution in [-0.4, -0.2) is 0 Å². The van der Waals surface area contributed by atoms with Gasteiger partial charge in [-0.2, -0.15) is 0 Å². The molecule has 0 atom stereocenters. The van der Waals surface area contributed by atoms with Gasteiger partial charge in [-0.05, 0) is 94.6 Å². The Bertz CT molecular complexity index is 3100. The van der Waals surface area contributed by atoms with Crippen molar-refractivity contribution in [2.45, 2.75) is 0 Å². The largest absolute Gasteiger partial charge is 0.0636 e. The lowest BCUT2D eigenvalue weighted by atomic mass is 9.85. The molecule has 0 saturated carbocycles. The van der Waals surface area contributed by atoms with Gasteiger partial charge >= 0.3 is 0 Å². The predicted molar refractivity (Wildman–Crippen MR) is 173 cm³/mol. The van der Waals surface area contributed by atoms with Gasteiger partial charge in [-0.1, -0.05) is 139 Å². The van der Waals surface area contributed by atoms with E-state index in [0.717, 1.165) is 6.07 Å². The highest BCUT2D eigenvalue weighted by Crippen LogP contribution is 2.44. The molecule has 0 aliphatic heterocycles. The molecule has 0 radical (unpaired) electrons. The van der Waals surface area contributed by atoms with Crippen LogP contribution in [0, 0.1) is 0 Å². The lowest BCUT2D eigenvalue weighted by Gasteiger charge is -2.18. The molecule has 0 bridgehead atoms. The van der Waals surface area contributed by atoms with Crippen LogP contribution in [-0.2, 0) is 0 Å². The molecular weight excluding hydrogens is 480 g/mol. The number of hydrogen-bond acceptors (Lipinski definition) is 0. The van der Waals surface area contributed by atoms with Gasteiger partial charge in [0, 0.05) is 0 Å². The summed E-state index contributed by atoms with van der Waals surface area (Å²) in [6, 6.07) is 5.35. The highest BCUT2D eigenvalue weighted by atomic mass is 14.2.